The van der Waals surface area contributed by atoms with Crippen molar-refractivity contribution in [3.8, 4) is 0 Å². The first-order valence-corrected chi connectivity index (χ1v) is 9.22. The smallest absolute Gasteiger partial charge is 0.565 e. The summed E-state index contributed by atoms with van der Waals surface area (Å²) in [7, 11) is -5.36. The number of nitrogens with zero attached hydrogens (tertiary/aromatic N) is 1. The molecule has 0 aromatic rings. The minimum atomic E-state index is -5.36. The minimum Gasteiger partial charge on any atom is -0.565 e. The van der Waals surface area contributed by atoms with E-state index in [4.69, 9.17) is 0 Å². The van der Waals surface area contributed by atoms with Gasteiger partial charge in [-0.3, -0.25) is 0 Å². The quantitative estimate of drug-likeness (QED) is 0.406. The molecule has 0 saturated heterocycles. The predicted molar refractivity (Wildman–Crippen MR) is 82.0 cm³/mol. The van der Waals surface area contributed by atoms with Gasteiger partial charge < -0.3 is 4.63 Å². The molecule has 3 nitrogen and oxygen atoms in total. The molecule has 0 aromatic heterocycles. The van der Waals surface area contributed by atoms with Crippen LogP contribution in [0, 0.1) is 0 Å². The first-order chi connectivity index (χ1) is 9.74. The summed E-state index contributed by atoms with van der Waals surface area (Å²) in [6, 6.07) is 0. The summed E-state index contributed by atoms with van der Waals surface area (Å²) in [6.07, 6.45) is 8.17. The van der Waals surface area contributed by atoms with Crippen LogP contribution in [0.2, 0.25) is 12.6 Å². The standard InChI is InChI=1S/C13H26BF3NO2S.Li/c1-3-5-7-9-11-14(12-10-8-6-4-2)18-21(19,20)13(15,16)17;/h3-12H2,1-2H3;/q-1;+1. The summed E-state index contributed by atoms with van der Waals surface area (Å²) in [4.78, 5) is 0. The van der Waals surface area contributed by atoms with Crippen LogP contribution in [-0.2, 0) is 10.0 Å². The number of rotatable bonds is 12. The molecule has 0 unspecified atom stereocenters. The topological polar surface area (TPSA) is 48.2 Å². The molecule has 0 radical (unpaired) electrons. The Morgan fingerprint density at radius 3 is 1.59 bits per heavy atom. The van der Waals surface area contributed by atoms with Crippen molar-refractivity contribution in [3.05, 3.63) is 4.63 Å². The number of halogens is 3. The molecule has 0 saturated carbocycles. The van der Waals surface area contributed by atoms with Gasteiger partial charge >= 0.3 is 24.4 Å². The predicted octanol–water partition coefficient (Wildman–Crippen LogP) is 2.37. The normalized spacial score (nSPS) is 12.0. The summed E-state index contributed by atoms with van der Waals surface area (Å²) in [6.45, 7) is 3.35. The summed E-state index contributed by atoms with van der Waals surface area (Å²) < 4.78 is 62.6. The third kappa shape index (κ3) is 11.0. The van der Waals surface area contributed by atoms with Gasteiger partial charge in [0.1, 0.15) is 0 Å². The molecule has 0 heterocycles. The van der Waals surface area contributed by atoms with E-state index >= 15 is 0 Å². The number of hydrogen-bond acceptors (Lipinski definition) is 2. The maximum absolute atomic E-state index is 12.4. The van der Waals surface area contributed by atoms with Crippen molar-refractivity contribution in [2.24, 2.45) is 0 Å². The minimum absolute atomic E-state index is 0. The fourth-order valence-electron chi connectivity index (χ4n) is 2.12. The van der Waals surface area contributed by atoms with Gasteiger partial charge in [-0.1, -0.05) is 77.9 Å². The van der Waals surface area contributed by atoms with E-state index in [1.165, 1.54) is 0 Å². The molecule has 0 aliphatic carbocycles. The second-order valence-corrected chi connectivity index (χ2v) is 7.00. The van der Waals surface area contributed by atoms with Crippen molar-refractivity contribution < 1.29 is 40.4 Å². The number of sulfonamides is 1. The van der Waals surface area contributed by atoms with E-state index in [0.29, 0.717) is 12.6 Å². The van der Waals surface area contributed by atoms with Gasteiger partial charge in [-0.25, -0.2) is 8.42 Å². The van der Waals surface area contributed by atoms with Crippen LogP contribution >= 0.6 is 0 Å². The van der Waals surface area contributed by atoms with Gasteiger partial charge in [0.2, 0.25) is 0 Å². The fraction of sp³-hybridized carbons (Fsp3) is 1.00. The van der Waals surface area contributed by atoms with Crippen LogP contribution in [-0.4, -0.2) is 20.8 Å². The molecule has 0 bridgehead atoms. The summed E-state index contributed by atoms with van der Waals surface area (Å²) in [5.41, 5.74) is -5.28. The van der Waals surface area contributed by atoms with Crippen molar-refractivity contribution in [1.29, 1.82) is 0 Å². The first kappa shape index (κ1) is 24.6. The van der Waals surface area contributed by atoms with Gasteiger partial charge in [0.25, 0.3) is 0 Å². The zero-order valence-electron chi connectivity index (χ0n) is 14.0. The van der Waals surface area contributed by atoms with E-state index in [-0.39, 0.29) is 18.9 Å². The molecule has 0 rings (SSSR count). The van der Waals surface area contributed by atoms with Crippen molar-refractivity contribution in [2.45, 2.75) is 83.4 Å². The Morgan fingerprint density at radius 2 is 1.27 bits per heavy atom. The van der Waals surface area contributed by atoms with Crippen molar-refractivity contribution in [2.75, 3.05) is 0 Å². The third-order valence-corrected chi connectivity index (χ3v) is 4.52. The zero-order chi connectivity index (χ0) is 16.4. The zero-order valence-corrected chi connectivity index (χ0v) is 14.8. The molecule has 0 N–H and O–H groups in total. The van der Waals surface area contributed by atoms with Crippen LogP contribution in [0.4, 0.5) is 13.2 Å². The van der Waals surface area contributed by atoms with E-state index < -0.39 is 22.4 Å². The van der Waals surface area contributed by atoms with Crippen LogP contribution in [0.15, 0.2) is 0 Å². The summed E-state index contributed by atoms with van der Waals surface area (Å²) >= 11 is 0. The first-order valence-electron chi connectivity index (χ1n) is 7.78. The molecule has 22 heavy (non-hydrogen) atoms. The van der Waals surface area contributed by atoms with E-state index in [1.807, 2.05) is 13.8 Å². The number of alkyl halides is 3. The van der Waals surface area contributed by atoms with Gasteiger partial charge in [0.05, 0.1) is 0 Å². The molecule has 0 amide bonds. The molecule has 0 fully saturated rings. The number of hydrogen-bond donors (Lipinski definition) is 0. The second kappa shape index (κ2) is 12.7. The Bertz CT molecular complexity index is 355. The number of unbranched alkanes of at least 4 members (excludes halogenated alkanes) is 6. The van der Waals surface area contributed by atoms with E-state index in [1.54, 1.807) is 0 Å². The Labute approximate surface area is 145 Å². The average molecular weight is 335 g/mol. The fourth-order valence-corrected chi connectivity index (χ4v) is 2.84. The van der Waals surface area contributed by atoms with Crippen molar-refractivity contribution in [1.82, 2.24) is 0 Å². The molecule has 126 valence electrons. The SMILES string of the molecule is CCCCCCB(CCCCCC)[N-]S(=O)(=O)C(F)(F)F.[Li+]. The maximum Gasteiger partial charge on any atom is 1.00 e. The van der Waals surface area contributed by atoms with Crippen LogP contribution < -0.4 is 18.9 Å². The van der Waals surface area contributed by atoms with Gasteiger partial charge in [-0.15, -0.1) is 0 Å². The van der Waals surface area contributed by atoms with Crippen LogP contribution in [0.1, 0.15) is 65.2 Å². The average Bonchev–Trinajstić information content (AvgIpc) is 2.37. The van der Waals surface area contributed by atoms with E-state index in [9.17, 15) is 21.6 Å². The molecule has 0 aliphatic heterocycles. The monoisotopic (exact) mass is 335 g/mol. The van der Waals surface area contributed by atoms with E-state index in [0.717, 1.165) is 51.4 Å². The summed E-state index contributed by atoms with van der Waals surface area (Å²) in [5, 5.41) is 0. The van der Waals surface area contributed by atoms with E-state index in [2.05, 4.69) is 4.63 Å². The van der Waals surface area contributed by atoms with Gasteiger partial charge in [-0.05, 0) is 0 Å². The molecule has 0 spiro atoms. The second-order valence-electron chi connectivity index (χ2n) is 5.38. The van der Waals surface area contributed by atoms with Crippen molar-refractivity contribution in [3.63, 3.8) is 0 Å². The molecule has 0 atom stereocenters. The van der Waals surface area contributed by atoms with Crippen molar-refractivity contribution >= 4 is 16.9 Å². The molecule has 0 aromatic carbocycles. The van der Waals surface area contributed by atoms with Gasteiger partial charge in [0.15, 0.2) is 10.0 Å². The molecular formula is C13H26BF3LiNO2S. The van der Waals surface area contributed by atoms with Gasteiger partial charge in [-0.2, -0.15) is 13.2 Å². The summed E-state index contributed by atoms with van der Waals surface area (Å²) in [5.74, 6) is 0. The Kier molecular flexibility index (Phi) is 14.3. The third-order valence-electron chi connectivity index (χ3n) is 3.36. The largest absolute Gasteiger partial charge is 1.00 e. The van der Waals surface area contributed by atoms with Crippen LogP contribution in [0.5, 0.6) is 0 Å². The van der Waals surface area contributed by atoms with Crippen LogP contribution in [0.3, 0.4) is 0 Å². The van der Waals surface area contributed by atoms with Crippen LogP contribution in [0.25, 0.3) is 4.63 Å². The Balaban J connectivity index is 0. The molecule has 9 heteroatoms. The molecule has 0 aliphatic rings. The maximum atomic E-state index is 12.4. The Hall–Kier alpha value is 0.362. The Morgan fingerprint density at radius 1 is 0.864 bits per heavy atom. The van der Waals surface area contributed by atoms with Gasteiger partial charge in [0, 0.05) is 6.85 Å². The molecular weight excluding hydrogens is 309 g/mol.